The van der Waals surface area contributed by atoms with Crippen molar-refractivity contribution in [3.63, 3.8) is 0 Å². The van der Waals surface area contributed by atoms with Crippen molar-refractivity contribution in [2.24, 2.45) is 0 Å². The maximum absolute atomic E-state index is 12.8. The van der Waals surface area contributed by atoms with Crippen LogP contribution in [0.1, 0.15) is 24.2 Å². The number of carbonyl (C=O) groups is 1. The second-order valence-electron chi connectivity index (χ2n) is 5.69. The van der Waals surface area contributed by atoms with Crippen LogP contribution in [0.2, 0.25) is 0 Å². The van der Waals surface area contributed by atoms with Gasteiger partial charge in [-0.3, -0.25) is 14.7 Å². The smallest absolute Gasteiger partial charge is 0.193 e. The molecule has 1 aromatic carbocycles. The van der Waals surface area contributed by atoms with Gasteiger partial charge in [0.25, 0.3) is 0 Å². The molecule has 1 unspecified atom stereocenters. The molecule has 0 bridgehead atoms. The lowest BCUT2D eigenvalue weighted by Crippen LogP contribution is -2.48. The van der Waals surface area contributed by atoms with Crippen LogP contribution in [0.5, 0.6) is 0 Å². The van der Waals surface area contributed by atoms with Gasteiger partial charge in [-0.25, -0.2) is 0 Å². The van der Waals surface area contributed by atoms with Gasteiger partial charge < -0.3 is 4.74 Å². The van der Waals surface area contributed by atoms with Gasteiger partial charge in [0.2, 0.25) is 0 Å². The minimum Gasteiger partial charge on any atom is -0.367 e. The molecule has 0 aliphatic carbocycles. The van der Waals surface area contributed by atoms with Gasteiger partial charge in [0.05, 0.1) is 12.1 Å². The fourth-order valence-electron chi connectivity index (χ4n) is 2.79. The van der Waals surface area contributed by atoms with Crippen molar-refractivity contribution in [3.8, 4) is 0 Å². The molecule has 0 spiro atoms. The number of hydrogen-bond donors (Lipinski definition) is 0. The molecule has 2 aromatic rings. The van der Waals surface area contributed by atoms with E-state index in [1.165, 1.54) is 0 Å². The molecule has 110 valence electrons. The van der Waals surface area contributed by atoms with Gasteiger partial charge in [0.15, 0.2) is 5.78 Å². The Morgan fingerprint density at radius 2 is 2.19 bits per heavy atom. The number of benzene rings is 1. The van der Waals surface area contributed by atoms with E-state index in [0.29, 0.717) is 24.8 Å². The Balaban J connectivity index is 1.90. The SMILES string of the molecule is CC(C)N1CCOC(C(=O)c2cccc3ncccc23)C1. The summed E-state index contributed by atoms with van der Waals surface area (Å²) in [6.45, 7) is 6.45. The van der Waals surface area contributed by atoms with Crippen LogP contribution in [-0.4, -0.2) is 47.5 Å². The van der Waals surface area contributed by atoms with Crippen LogP contribution in [-0.2, 0) is 4.74 Å². The summed E-state index contributed by atoms with van der Waals surface area (Å²) in [5, 5.41) is 0.898. The summed E-state index contributed by atoms with van der Waals surface area (Å²) in [6, 6.07) is 9.91. The number of ketones is 1. The number of rotatable bonds is 3. The number of Topliss-reactive ketones (excluding diaryl/α,β-unsaturated/α-hetero) is 1. The third-order valence-electron chi connectivity index (χ3n) is 4.03. The van der Waals surface area contributed by atoms with E-state index in [2.05, 4.69) is 23.7 Å². The van der Waals surface area contributed by atoms with Crippen molar-refractivity contribution >= 4 is 16.7 Å². The number of aromatic nitrogens is 1. The highest BCUT2D eigenvalue weighted by Gasteiger charge is 2.29. The second-order valence-corrected chi connectivity index (χ2v) is 5.69. The fraction of sp³-hybridized carbons (Fsp3) is 0.412. The summed E-state index contributed by atoms with van der Waals surface area (Å²) in [4.78, 5) is 19.4. The van der Waals surface area contributed by atoms with Crippen molar-refractivity contribution in [2.45, 2.75) is 26.0 Å². The Hall–Kier alpha value is -1.78. The van der Waals surface area contributed by atoms with Crippen LogP contribution >= 0.6 is 0 Å². The summed E-state index contributed by atoms with van der Waals surface area (Å²) >= 11 is 0. The predicted octanol–water partition coefficient (Wildman–Crippen LogP) is 2.53. The lowest BCUT2D eigenvalue weighted by Gasteiger charge is -2.34. The summed E-state index contributed by atoms with van der Waals surface area (Å²) in [6.07, 6.45) is 1.36. The average molecular weight is 284 g/mol. The Labute approximate surface area is 124 Å². The molecular weight excluding hydrogens is 264 g/mol. The highest BCUT2D eigenvalue weighted by atomic mass is 16.5. The summed E-state index contributed by atoms with van der Waals surface area (Å²) in [5.74, 6) is 0.0546. The molecule has 0 radical (unpaired) electrons. The van der Waals surface area contributed by atoms with Crippen molar-refractivity contribution in [2.75, 3.05) is 19.7 Å². The quantitative estimate of drug-likeness (QED) is 0.812. The van der Waals surface area contributed by atoms with E-state index >= 15 is 0 Å². The third-order valence-corrected chi connectivity index (χ3v) is 4.03. The van der Waals surface area contributed by atoms with Gasteiger partial charge in [0, 0.05) is 36.3 Å². The van der Waals surface area contributed by atoms with Gasteiger partial charge >= 0.3 is 0 Å². The average Bonchev–Trinajstić information content (AvgIpc) is 2.53. The zero-order valence-corrected chi connectivity index (χ0v) is 12.5. The molecule has 1 aliphatic heterocycles. The molecule has 2 heterocycles. The largest absolute Gasteiger partial charge is 0.367 e. The maximum atomic E-state index is 12.8. The molecular formula is C17H20N2O2. The molecule has 1 aromatic heterocycles. The maximum Gasteiger partial charge on any atom is 0.193 e. The van der Waals surface area contributed by atoms with Crippen LogP contribution in [0.15, 0.2) is 36.5 Å². The predicted molar refractivity (Wildman–Crippen MR) is 82.5 cm³/mol. The Morgan fingerprint density at radius 1 is 1.33 bits per heavy atom. The Kier molecular flexibility index (Phi) is 3.99. The zero-order valence-electron chi connectivity index (χ0n) is 12.5. The standard InChI is InChI=1S/C17H20N2O2/c1-12(2)19-9-10-21-16(11-19)17(20)14-5-3-7-15-13(14)6-4-8-18-15/h3-8,12,16H,9-11H2,1-2H3. The van der Waals surface area contributed by atoms with E-state index in [-0.39, 0.29) is 11.9 Å². The monoisotopic (exact) mass is 284 g/mol. The zero-order chi connectivity index (χ0) is 14.8. The number of ether oxygens (including phenoxy) is 1. The van der Waals surface area contributed by atoms with Gasteiger partial charge in [0.1, 0.15) is 6.10 Å². The fourth-order valence-corrected chi connectivity index (χ4v) is 2.79. The number of carbonyl (C=O) groups excluding carboxylic acids is 1. The first kappa shape index (κ1) is 14.2. The number of hydrogen-bond acceptors (Lipinski definition) is 4. The molecule has 0 amide bonds. The molecule has 1 fully saturated rings. The van der Waals surface area contributed by atoms with E-state index < -0.39 is 0 Å². The molecule has 4 heteroatoms. The lowest BCUT2D eigenvalue weighted by atomic mass is 10.00. The highest BCUT2D eigenvalue weighted by Crippen LogP contribution is 2.20. The highest BCUT2D eigenvalue weighted by molar-refractivity contribution is 6.09. The minimum atomic E-state index is -0.382. The summed E-state index contributed by atoms with van der Waals surface area (Å²) < 4.78 is 5.71. The van der Waals surface area contributed by atoms with Crippen molar-refractivity contribution < 1.29 is 9.53 Å². The molecule has 1 atom stereocenters. The van der Waals surface area contributed by atoms with Crippen molar-refractivity contribution in [1.82, 2.24) is 9.88 Å². The number of morpholine rings is 1. The van der Waals surface area contributed by atoms with E-state index in [9.17, 15) is 4.79 Å². The topological polar surface area (TPSA) is 42.4 Å². The van der Waals surface area contributed by atoms with Crippen LogP contribution in [0.3, 0.4) is 0 Å². The molecule has 1 saturated heterocycles. The Morgan fingerprint density at radius 3 is 3.00 bits per heavy atom. The third kappa shape index (κ3) is 2.82. The van der Waals surface area contributed by atoms with E-state index in [1.807, 2.05) is 30.3 Å². The van der Waals surface area contributed by atoms with Crippen molar-refractivity contribution in [3.05, 3.63) is 42.1 Å². The summed E-state index contributed by atoms with van der Waals surface area (Å²) in [5.41, 5.74) is 1.55. The van der Waals surface area contributed by atoms with E-state index in [0.717, 1.165) is 17.4 Å². The van der Waals surface area contributed by atoms with Gasteiger partial charge in [-0.1, -0.05) is 18.2 Å². The first-order chi connectivity index (χ1) is 10.2. The number of nitrogens with zero attached hydrogens (tertiary/aromatic N) is 2. The first-order valence-corrected chi connectivity index (χ1v) is 7.40. The molecule has 3 rings (SSSR count). The summed E-state index contributed by atoms with van der Waals surface area (Å²) in [7, 11) is 0. The lowest BCUT2D eigenvalue weighted by molar-refractivity contribution is -0.0255. The second kappa shape index (κ2) is 5.92. The van der Waals surface area contributed by atoms with Crippen LogP contribution < -0.4 is 0 Å². The van der Waals surface area contributed by atoms with Crippen LogP contribution in [0.4, 0.5) is 0 Å². The number of pyridine rings is 1. The minimum absolute atomic E-state index is 0.0546. The molecule has 0 N–H and O–H groups in total. The first-order valence-electron chi connectivity index (χ1n) is 7.40. The van der Waals surface area contributed by atoms with Gasteiger partial charge in [-0.05, 0) is 26.0 Å². The van der Waals surface area contributed by atoms with Gasteiger partial charge in [-0.2, -0.15) is 0 Å². The molecule has 0 saturated carbocycles. The van der Waals surface area contributed by atoms with E-state index in [4.69, 9.17) is 4.74 Å². The molecule has 1 aliphatic rings. The normalized spacial score (nSPS) is 20.0. The molecule has 4 nitrogen and oxygen atoms in total. The Bertz CT molecular complexity index is 649. The van der Waals surface area contributed by atoms with Crippen LogP contribution in [0, 0.1) is 0 Å². The molecule has 21 heavy (non-hydrogen) atoms. The van der Waals surface area contributed by atoms with E-state index in [1.54, 1.807) is 6.20 Å². The van der Waals surface area contributed by atoms with Gasteiger partial charge in [-0.15, -0.1) is 0 Å². The van der Waals surface area contributed by atoms with Crippen LogP contribution in [0.25, 0.3) is 10.9 Å². The van der Waals surface area contributed by atoms with Crippen molar-refractivity contribution in [1.29, 1.82) is 0 Å². The number of fused-ring (bicyclic) bond motifs is 1.